The van der Waals surface area contributed by atoms with E-state index >= 15 is 0 Å². The Morgan fingerprint density at radius 1 is 1.29 bits per heavy atom. The maximum atomic E-state index is 11.4. The molecule has 34 heavy (non-hydrogen) atoms. The van der Waals surface area contributed by atoms with Crippen LogP contribution >= 0.6 is 0 Å². The fourth-order valence-corrected chi connectivity index (χ4v) is 5.14. The van der Waals surface area contributed by atoms with Crippen LogP contribution in [-0.2, 0) is 6.42 Å². The number of fused-ring (bicyclic) bond motifs is 3. The topological polar surface area (TPSA) is 124 Å². The zero-order chi connectivity index (χ0) is 23.7. The fourth-order valence-electron chi connectivity index (χ4n) is 5.14. The van der Waals surface area contributed by atoms with Crippen molar-refractivity contribution in [3.05, 3.63) is 47.7 Å². The third-order valence-electron chi connectivity index (χ3n) is 6.82. The van der Waals surface area contributed by atoms with Gasteiger partial charge in [-0.2, -0.15) is 4.98 Å². The smallest absolute Gasteiger partial charge is 0.248 e. The molecule has 1 fully saturated rings. The molecule has 1 aliphatic carbocycles. The highest BCUT2D eigenvalue weighted by atomic mass is 16.5. The summed E-state index contributed by atoms with van der Waals surface area (Å²) in [5, 5.41) is 12.0. The molecule has 0 saturated heterocycles. The van der Waals surface area contributed by atoms with Crippen LogP contribution in [0.15, 0.2) is 30.7 Å². The van der Waals surface area contributed by atoms with Gasteiger partial charge in [0.2, 0.25) is 11.9 Å². The first-order valence-electron chi connectivity index (χ1n) is 11.9. The Balaban J connectivity index is 1.38. The number of rotatable bonds is 8. The molecular weight excluding hydrogens is 432 g/mol. The van der Waals surface area contributed by atoms with E-state index in [1.165, 1.54) is 12.8 Å². The molecule has 3 heterocycles. The lowest BCUT2D eigenvalue weighted by molar-refractivity contribution is 0.1000. The van der Waals surface area contributed by atoms with Crippen LogP contribution in [0.5, 0.6) is 5.75 Å². The van der Waals surface area contributed by atoms with Crippen molar-refractivity contribution in [3.8, 4) is 11.4 Å². The molecule has 3 N–H and O–H groups in total. The Kier molecular flexibility index (Phi) is 6.04. The molecule has 1 aromatic carbocycles. The van der Waals surface area contributed by atoms with Gasteiger partial charge >= 0.3 is 0 Å². The summed E-state index contributed by atoms with van der Waals surface area (Å²) in [4.78, 5) is 23.4. The first kappa shape index (κ1) is 22.1. The van der Waals surface area contributed by atoms with E-state index < -0.39 is 5.91 Å². The molecule has 0 radical (unpaired) electrons. The van der Waals surface area contributed by atoms with Crippen LogP contribution in [0, 0.1) is 0 Å². The number of amides is 1. The van der Waals surface area contributed by atoms with Crippen molar-refractivity contribution < 1.29 is 9.53 Å². The Bertz CT molecular complexity index is 1190. The number of benzene rings is 1. The molecule has 0 spiro atoms. The molecule has 1 saturated carbocycles. The first-order valence-corrected chi connectivity index (χ1v) is 11.9. The summed E-state index contributed by atoms with van der Waals surface area (Å²) in [5.74, 6) is 2.65. The zero-order valence-electron chi connectivity index (χ0n) is 19.6. The van der Waals surface area contributed by atoms with Crippen LogP contribution in [0.4, 0.5) is 11.8 Å². The number of nitrogens with zero attached hydrogens (tertiary/aromatic N) is 6. The largest absolute Gasteiger partial charge is 0.496 e. The van der Waals surface area contributed by atoms with Crippen LogP contribution in [-0.4, -0.2) is 50.3 Å². The molecule has 0 bridgehead atoms. The van der Waals surface area contributed by atoms with Gasteiger partial charge in [0.05, 0.1) is 19.3 Å². The summed E-state index contributed by atoms with van der Waals surface area (Å²) in [7, 11) is 1.59. The number of hydrogen-bond acceptors (Lipinski definition) is 8. The van der Waals surface area contributed by atoms with Gasteiger partial charge in [0, 0.05) is 18.2 Å². The molecule has 2 aromatic heterocycles. The van der Waals surface area contributed by atoms with E-state index in [0.717, 1.165) is 42.2 Å². The second-order valence-corrected chi connectivity index (χ2v) is 8.80. The molecule has 1 amide bonds. The average molecular weight is 463 g/mol. The van der Waals surface area contributed by atoms with Crippen LogP contribution in [0.2, 0.25) is 0 Å². The Morgan fingerprint density at radius 3 is 2.85 bits per heavy atom. The lowest BCUT2D eigenvalue weighted by Crippen LogP contribution is -2.42. The molecule has 3 aromatic rings. The Morgan fingerprint density at radius 2 is 2.12 bits per heavy atom. The summed E-state index contributed by atoms with van der Waals surface area (Å²) < 4.78 is 7.46. The number of nitrogens with two attached hydrogens (primary N) is 1. The molecule has 1 atom stereocenters. The summed E-state index contributed by atoms with van der Waals surface area (Å²) in [6.07, 6.45) is 10.0. The Hall–Kier alpha value is -3.69. The maximum Gasteiger partial charge on any atom is 0.248 e. The van der Waals surface area contributed by atoms with Gasteiger partial charge in [0.25, 0.3) is 0 Å². The highest BCUT2D eigenvalue weighted by Gasteiger charge is 2.38. The standard InChI is InChI=1S/C24H30N8O2/c1-3-18-23-30-28-14-31(23)19-13-27-24(29-22(19)32(18)17-6-4-5-7-17)26-11-10-15-8-9-16(21(25)33)12-20(15)34-2/h8-9,12-14,17-18H,3-7,10-11H2,1-2H3,(H2,25,33)(H,26,27,29). The third kappa shape index (κ3) is 3.93. The lowest BCUT2D eigenvalue weighted by Gasteiger charge is -2.40. The van der Waals surface area contributed by atoms with Gasteiger partial charge in [-0.15, -0.1) is 10.2 Å². The second-order valence-electron chi connectivity index (χ2n) is 8.80. The van der Waals surface area contributed by atoms with Gasteiger partial charge < -0.3 is 20.7 Å². The summed E-state index contributed by atoms with van der Waals surface area (Å²) in [6, 6.07) is 5.86. The van der Waals surface area contributed by atoms with Crippen LogP contribution in [0.25, 0.3) is 5.69 Å². The normalized spacial score (nSPS) is 17.4. The molecule has 10 heteroatoms. The molecule has 1 unspecified atom stereocenters. The SMILES string of the molecule is CCC1c2nncn2-c2cnc(NCCc3ccc(C(N)=O)cc3OC)nc2N1C1CCCC1. The Labute approximate surface area is 198 Å². The average Bonchev–Trinajstić information content (AvgIpc) is 3.55. The van der Waals surface area contributed by atoms with Gasteiger partial charge in [-0.1, -0.05) is 25.8 Å². The van der Waals surface area contributed by atoms with E-state index in [1.54, 1.807) is 25.6 Å². The third-order valence-corrected chi connectivity index (χ3v) is 6.82. The predicted molar refractivity (Wildman–Crippen MR) is 128 cm³/mol. The van der Waals surface area contributed by atoms with Crippen LogP contribution in [0.3, 0.4) is 0 Å². The van der Waals surface area contributed by atoms with Crippen molar-refractivity contribution in [1.29, 1.82) is 0 Å². The quantitative estimate of drug-likeness (QED) is 0.523. The van der Waals surface area contributed by atoms with E-state index in [0.29, 0.717) is 36.3 Å². The minimum Gasteiger partial charge on any atom is -0.496 e. The fraction of sp³-hybridized carbons (Fsp3) is 0.458. The zero-order valence-corrected chi connectivity index (χ0v) is 19.6. The summed E-state index contributed by atoms with van der Waals surface area (Å²) >= 11 is 0. The molecule has 1 aliphatic heterocycles. The van der Waals surface area contributed by atoms with Gasteiger partial charge in [0.1, 0.15) is 17.8 Å². The molecular formula is C24H30N8O2. The number of primary amides is 1. The van der Waals surface area contributed by atoms with Crippen molar-refractivity contribution in [1.82, 2.24) is 24.7 Å². The summed E-state index contributed by atoms with van der Waals surface area (Å²) in [5.41, 5.74) is 7.71. The number of ether oxygens (including phenoxy) is 1. The van der Waals surface area contributed by atoms with Crippen molar-refractivity contribution >= 4 is 17.7 Å². The van der Waals surface area contributed by atoms with Crippen LogP contribution in [0.1, 0.15) is 66.8 Å². The number of carbonyl (C=O) groups is 1. The van der Waals surface area contributed by atoms with Crippen molar-refractivity contribution in [2.24, 2.45) is 5.73 Å². The number of anilines is 2. The molecule has 178 valence electrons. The maximum absolute atomic E-state index is 11.4. The summed E-state index contributed by atoms with van der Waals surface area (Å²) in [6.45, 7) is 2.80. The monoisotopic (exact) mass is 462 g/mol. The highest BCUT2D eigenvalue weighted by Crippen LogP contribution is 2.42. The minimum absolute atomic E-state index is 0.147. The van der Waals surface area contributed by atoms with E-state index in [1.807, 2.05) is 16.8 Å². The molecule has 2 aliphatic rings. The highest BCUT2D eigenvalue weighted by molar-refractivity contribution is 5.93. The van der Waals surface area contributed by atoms with Gasteiger partial charge in [-0.05, 0) is 43.4 Å². The van der Waals surface area contributed by atoms with Gasteiger partial charge in [-0.25, -0.2) is 4.98 Å². The number of hydrogen-bond donors (Lipinski definition) is 2. The lowest BCUT2D eigenvalue weighted by atomic mass is 10.0. The minimum atomic E-state index is -0.473. The van der Waals surface area contributed by atoms with Crippen LogP contribution < -0.4 is 20.7 Å². The van der Waals surface area contributed by atoms with E-state index in [4.69, 9.17) is 15.5 Å². The van der Waals surface area contributed by atoms with E-state index in [-0.39, 0.29) is 6.04 Å². The van der Waals surface area contributed by atoms with E-state index in [2.05, 4.69) is 32.3 Å². The van der Waals surface area contributed by atoms with Crippen molar-refractivity contribution in [3.63, 3.8) is 0 Å². The van der Waals surface area contributed by atoms with Gasteiger partial charge in [-0.3, -0.25) is 9.36 Å². The number of methoxy groups -OCH3 is 1. The van der Waals surface area contributed by atoms with E-state index in [9.17, 15) is 4.79 Å². The van der Waals surface area contributed by atoms with Crippen molar-refractivity contribution in [2.75, 3.05) is 23.9 Å². The number of nitrogens with one attached hydrogen (secondary N) is 1. The van der Waals surface area contributed by atoms with Gasteiger partial charge in [0.15, 0.2) is 11.6 Å². The molecule has 5 rings (SSSR count). The molecule has 10 nitrogen and oxygen atoms in total. The number of carbonyl (C=O) groups excluding carboxylic acids is 1. The number of aromatic nitrogens is 5. The first-order chi connectivity index (χ1) is 16.6. The second kappa shape index (κ2) is 9.28. The predicted octanol–water partition coefficient (Wildman–Crippen LogP) is 3.03. The van der Waals surface area contributed by atoms with Crippen molar-refractivity contribution in [2.45, 2.75) is 57.5 Å².